The lowest BCUT2D eigenvalue weighted by Gasteiger charge is -2.15. The number of amides is 2. The zero-order valence-electron chi connectivity index (χ0n) is 10.9. The van der Waals surface area contributed by atoms with Gasteiger partial charge in [0.2, 0.25) is 5.91 Å². The summed E-state index contributed by atoms with van der Waals surface area (Å²) in [6, 6.07) is 1.54. The monoisotopic (exact) mass is 280 g/mol. The predicted molar refractivity (Wildman–Crippen MR) is 68.0 cm³/mol. The molecule has 0 radical (unpaired) electrons. The molecule has 1 fully saturated rings. The van der Waals surface area contributed by atoms with Crippen molar-refractivity contribution in [2.24, 2.45) is 5.92 Å². The molecule has 1 atom stereocenters. The van der Waals surface area contributed by atoms with E-state index < -0.39 is 11.9 Å². The van der Waals surface area contributed by atoms with Gasteiger partial charge in [0.25, 0.3) is 5.91 Å². The molecule has 1 unspecified atom stereocenters. The minimum atomic E-state index is -0.867. The molecular weight excluding hydrogens is 264 g/mol. The van der Waals surface area contributed by atoms with Gasteiger partial charge in [-0.3, -0.25) is 14.4 Å². The highest BCUT2D eigenvalue weighted by molar-refractivity contribution is 5.94. The van der Waals surface area contributed by atoms with Crippen LogP contribution in [0.5, 0.6) is 0 Å². The van der Waals surface area contributed by atoms with E-state index in [9.17, 15) is 14.4 Å². The van der Waals surface area contributed by atoms with Crippen LogP contribution in [-0.2, 0) is 9.59 Å². The third-order valence-electron chi connectivity index (χ3n) is 3.30. The SMILES string of the molecule is O=C(NCCC(=O)N1CCC(C(=O)O)C1)c1ccoc1. The van der Waals surface area contributed by atoms with Crippen LogP contribution in [0.4, 0.5) is 0 Å². The van der Waals surface area contributed by atoms with Crippen LogP contribution >= 0.6 is 0 Å². The first-order valence-corrected chi connectivity index (χ1v) is 6.39. The molecule has 0 spiro atoms. The number of furan rings is 1. The lowest BCUT2D eigenvalue weighted by molar-refractivity contribution is -0.141. The molecule has 0 bridgehead atoms. The van der Waals surface area contributed by atoms with E-state index in [4.69, 9.17) is 9.52 Å². The van der Waals surface area contributed by atoms with Crippen molar-refractivity contribution >= 4 is 17.8 Å². The minimum Gasteiger partial charge on any atom is -0.481 e. The summed E-state index contributed by atoms with van der Waals surface area (Å²) in [5.74, 6) is -1.77. The van der Waals surface area contributed by atoms with Crippen LogP contribution < -0.4 is 5.32 Å². The third-order valence-corrected chi connectivity index (χ3v) is 3.30. The molecule has 20 heavy (non-hydrogen) atoms. The van der Waals surface area contributed by atoms with E-state index in [-0.39, 0.29) is 31.3 Å². The summed E-state index contributed by atoms with van der Waals surface area (Å²) in [6.45, 7) is 0.937. The van der Waals surface area contributed by atoms with E-state index in [0.717, 1.165) is 0 Å². The van der Waals surface area contributed by atoms with E-state index in [2.05, 4.69) is 5.32 Å². The molecule has 2 heterocycles. The van der Waals surface area contributed by atoms with Crippen molar-refractivity contribution in [2.45, 2.75) is 12.8 Å². The van der Waals surface area contributed by atoms with Gasteiger partial charge >= 0.3 is 5.97 Å². The van der Waals surface area contributed by atoms with Gasteiger partial charge in [-0.1, -0.05) is 0 Å². The van der Waals surface area contributed by atoms with E-state index in [0.29, 0.717) is 18.5 Å². The standard InChI is InChI=1S/C13H16N2O5/c16-11(15-5-2-9(7-15)13(18)19)1-4-14-12(17)10-3-6-20-8-10/h3,6,8-9H,1-2,4-5,7H2,(H,14,17)(H,18,19). The molecule has 7 heteroatoms. The van der Waals surface area contributed by atoms with Gasteiger partial charge in [0.1, 0.15) is 6.26 Å². The maximum Gasteiger partial charge on any atom is 0.308 e. The summed E-state index contributed by atoms with van der Waals surface area (Å²) in [5, 5.41) is 11.5. The molecule has 1 saturated heterocycles. The fraction of sp³-hybridized carbons (Fsp3) is 0.462. The molecule has 0 saturated carbocycles. The van der Waals surface area contributed by atoms with Gasteiger partial charge in [0.15, 0.2) is 0 Å². The van der Waals surface area contributed by atoms with Gasteiger partial charge in [0, 0.05) is 26.1 Å². The Bertz CT molecular complexity index is 497. The van der Waals surface area contributed by atoms with Crippen molar-refractivity contribution in [2.75, 3.05) is 19.6 Å². The van der Waals surface area contributed by atoms with Gasteiger partial charge in [-0.05, 0) is 12.5 Å². The molecule has 1 aliphatic rings. The van der Waals surface area contributed by atoms with Gasteiger partial charge < -0.3 is 19.7 Å². The van der Waals surface area contributed by atoms with Crippen LogP contribution in [0.15, 0.2) is 23.0 Å². The van der Waals surface area contributed by atoms with Gasteiger partial charge in [0.05, 0.1) is 17.7 Å². The van der Waals surface area contributed by atoms with E-state index in [1.54, 1.807) is 0 Å². The Hall–Kier alpha value is -2.31. The normalized spacial score (nSPS) is 18.0. The minimum absolute atomic E-state index is 0.138. The van der Waals surface area contributed by atoms with Crippen molar-refractivity contribution in [3.05, 3.63) is 24.2 Å². The van der Waals surface area contributed by atoms with Crippen molar-refractivity contribution in [1.82, 2.24) is 10.2 Å². The molecule has 2 N–H and O–H groups in total. The Labute approximate surface area is 115 Å². The molecule has 0 aliphatic carbocycles. The number of carbonyl (C=O) groups is 3. The van der Waals surface area contributed by atoms with Crippen LogP contribution in [0.2, 0.25) is 0 Å². The molecule has 1 aromatic rings. The lowest BCUT2D eigenvalue weighted by atomic mass is 10.1. The number of hydrogen-bond donors (Lipinski definition) is 2. The second-order valence-electron chi connectivity index (χ2n) is 4.68. The Kier molecular flexibility index (Phi) is 4.39. The van der Waals surface area contributed by atoms with Crippen molar-refractivity contribution < 1.29 is 23.9 Å². The van der Waals surface area contributed by atoms with Gasteiger partial charge in [-0.2, -0.15) is 0 Å². The maximum atomic E-state index is 11.8. The average Bonchev–Trinajstić information content (AvgIpc) is 3.09. The zero-order valence-corrected chi connectivity index (χ0v) is 10.9. The quantitative estimate of drug-likeness (QED) is 0.809. The molecule has 2 amide bonds. The number of nitrogens with one attached hydrogen (secondary N) is 1. The lowest BCUT2D eigenvalue weighted by Crippen LogP contribution is -2.33. The molecule has 1 aliphatic heterocycles. The largest absolute Gasteiger partial charge is 0.481 e. The van der Waals surface area contributed by atoms with Crippen LogP contribution in [0, 0.1) is 5.92 Å². The zero-order chi connectivity index (χ0) is 14.5. The first-order valence-electron chi connectivity index (χ1n) is 6.39. The van der Waals surface area contributed by atoms with E-state index in [1.165, 1.54) is 23.5 Å². The second-order valence-corrected chi connectivity index (χ2v) is 4.68. The van der Waals surface area contributed by atoms with Gasteiger partial charge in [-0.25, -0.2) is 0 Å². The highest BCUT2D eigenvalue weighted by atomic mass is 16.4. The molecule has 7 nitrogen and oxygen atoms in total. The number of nitrogens with zero attached hydrogens (tertiary/aromatic N) is 1. The van der Waals surface area contributed by atoms with Crippen LogP contribution in [-0.4, -0.2) is 47.4 Å². The molecule has 108 valence electrons. The van der Waals surface area contributed by atoms with Crippen LogP contribution in [0.1, 0.15) is 23.2 Å². The molecule has 2 rings (SSSR count). The molecule has 1 aromatic heterocycles. The summed E-state index contributed by atoms with van der Waals surface area (Å²) in [6.07, 6.45) is 3.38. The number of carboxylic acid groups (broad SMARTS) is 1. The number of rotatable bonds is 5. The average molecular weight is 280 g/mol. The Morgan fingerprint density at radius 2 is 2.25 bits per heavy atom. The summed E-state index contributed by atoms with van der Waals surface area (Å²) in [4.78, 5) is 35.8. The van der Waals surface area contributed by atoms with Crippen molar-refractivity contribution in [1.29, 1.82) is 0 Å². The van der Waals surface area contributed by atoms with Gasteiger partial charge in [-0.15, -0.1) is 0 Å². The Balaban J connectivity index is 1.71. The second kappa shape index (κ2) is 6.23. The summed E-state index contributed by atoms with van der Waals surface area (Å²) in [7, 11) is 0. The maximum absolute atomic E-state index is 11.8. The fourth-order valence-corrected chi connectivity index (χ4v) is 2.13. The predicted octanol–water partition coefficient (Wildman–Crippen LogP) is 0.333. The number of hydrogen-bond acceptors (Lipinski definition) is 4. The molecule has 0 aromatic carbocycles. The summed E-state index contributed by atoms with van der Waals surface area (Å²) < 4.78 is 4.79. The number of aliphatic carboxylic acids is 1. The Morgan fingerprint density at radius 1 is 1.45 bits per heavy atom. The summed E-state index contributed by atoms with van der Waals surface area (Å²) in [5.41, 5.74) is 0.407. The van der Waals surface area contributed by atoms with Crippen LogP contribution in [0.25, 0.3) is 0 Å². The fourth-order valence-electron chi connectivity index (χ4n) is 2.13. The summed E-state index contributed by atoms with van der Waals surface area (Å²) >= 11 is 0. The first kappa shape index (κ1) is 14.1. The van der Waals surface area contributed by atoms with Crippen molar-refractivity contribution in [3.8, 4) is 0 Å². The number of carboxylic acids is 1. The third kappa shape index (κ3) is 3.37. The number of carbonyl (C=O) groups excluding carboxylic acids is 2. The van der Waals surface area contributed by atoms with E-state index in [1.807, 2.05) is 0 Å². The highest BCUT2D eigenvalue weighted by Crippen LogP contribution is 2.16. The first-order chi connectivity index (χ1) is 9.58. The highest BCUT2D eigenvalue weighted by Gasteiger charge is 2.30. The van der Waals surface area contributed by atoms with E-state index >= 15 is 0 Å². The molecular formula is C13H16N2O5. The van der Waals surface area contributed by atoms with Crippen molar-refractivity contribution in [3.63, 3.8) is 0 Å². The Morgan fingerprint density at radius 3 is 2.85 bits per heavy atom. The smallest absolute Gasteiger partial charge is 0.308 e. The van der Waals surface area contributed by atoms with Crippen LogP contribution in [0.3, 0.4) is 0 Å². The topological polar surface area (TPSA) is 99.9 Å². The number of likely N-dealkylation sites (tertiary alicyclic amines) is 1.